The quantitative estimate of drug-likeness (QED) is 0.726. The Morgan fingerprint density at radius 3 is 2.46 bits per heavy atom. The lowest BCUT2D eigenvalue weighted by atomic mass is 10.2. The molecular formula is C7H13ClF3NO. The summed E-state index contributed by atoms with van der Waals surface area (Å²) in [6, 6.07) is 0. The zero-order valence-corrected chi connectivity index (χ0v) is 8.04. The van der Waals surface area contributed by atoms with Crippen LogP contribution in [0.4, 0.5) is 13.2 Å². The number of nitrogens with one attached hydrogen (secondary N) is 1. The van der Waals surface area contributed by atoms with E-state index in [-0.39, 0.29) is 25.1 Å². The number of halogens is 4. The summed E-state index contributed by atoms with van der Waals surface area (Å²) in [6.45, 7) is 2.20. The van der Waals surface area contributed by atoms with Crippen molar-refractivity contribution in [2.75, 3.05) is 13.1 Å². The number of hydrogen-bond donors (Lipinski definition) is 1. The molecule has 1 aliphatic heterocycles. The molecule has 0 unspecified atom stereocenters. The SMILES string of the molecule is CC[C@H]1CNC[C@H](C(F)(F)F)O1.Cl. The fraction of sp³-hybridized carbons (Fsp3) is 1.00. The summed E-state index contributed by atoms with van der Waals surface area (Å²) < 4.78 is 41.1. The van der Waals surface area contributed by atoms with E-state index in [0.717, 1.165) is 0 Å². The number of ether oxygens (including phenoxy) is 1. The molecule has 2 nitrogen and oxygen atoms in total. The van der Waals surface area contributed by atoms with Crippen LogP contribution in [0.2, 0.25) is 0 Å². The molecule has 1 saturated heterocycles. The second-order valence-electron chi connectivity index (χ2n) is 2.85. The van der Waals surface area contributed by atoms with Crippen molar-refractivity contribution in [1.29, 1.82) is 0 Å². The number of alkyl halides is 3. The van der Waals surface area contributed by atoms with Gasteiger partial charge < -0.3 is 10.1 Å². The lowest BCUT2D eigenvalue weighted by molar-refractivity contribution is -0.239. The fourth-order valence-electron chi connectivity index (χ4n) is 1.14. The molecule has 2 atom stereocenters. The normalized spacial score (nSPS) is 29.5. The Morgan fingerprint density at radius 1 is 1.38 bits per heavy atom. The summed E-state index contributed by atoms with van der Waals surface area (Å²) >= 11 is 0. The van der Waals surface area contributed by atoms with Crippen LogP contribution in [0.25, 0.3) is 0 Å². The molecule has 1 rings (SSSR count). The second-order valence-corrected chi connectivity index (χ2v) is 2.85. The standard InChI is InChI=1S/C7H12F3NO.ClH/c1-2-5-3-11-4-6(12-5)7(8,9)10;/h5-6,11H,2-4H2,1H3;1H/t5-,6+;/m0./s1. The van der Waals surface area contributed by atoms with Gasteiger partial charge in [0.1, 0.15) is 0 Å². The number of morpholine rings is 1. The van der Waals surface area contributed by atoms with Crippen LogP contribution in [-0.2, 0) is 4.74 Å². The van der Waals surface area contributed by atoms with E-state index < -0.39 is 12.3 Å². The molecule has 13 heavy (non-hydrogen) atoms. The maximum atomic E-state index is 12.1. The Balaban J connectivity index is 0.00000144. The first-order chi connectivity index (χ1) is 5.54. The molecule has 0 radical (unpaired) electrons. The number of rotatable bonds is 1. The third-order valence-corrected chi connectivity index (χ3v) is 1.88. The highest BCUT2D eigenvalue weighted by Crippen LogP contribution is 2.25. The first kappa shape index (κ1) is 13.0. The minimum atomic E-state index is -4.24. The van der Waals surface area contributed by atoms with E-state index in [0.29, 0.717) is 13.0 Å². The first-order valence-electron chi connectivity index (χ1n) is 3.97. The molecule has 1 N–H and O–H groups in total. The van der Waals surface area contributed by atoms with Gasteiger partial charge in [-0.2, -0.15) is 13.2 Å². The predicted molar refractivity (Wildman–Crippen MR) is 45.1 cm³/mol. The van der Waals surface area contributed by atoms with E-state index in [4.69, 9.17) is 4.74 Å². The van der Waals surface area contributed by atoms with Crippen molar-refractivity contribution in [2.45, 2.75) is 31.7 Å². The summed E-state index contributed by atoms with van der Waals surface area (Å²) in [5.74, 6) is 0. The van der Waals surface area contributed by atoms with Crippen LogP contribution < -0.4 is 5.32 Å². The Bertz CT molecular complexity index is 153. The van der Waals surface area contributed by atoms with Gasteiger partial charge in [0.25, 0.3) is 0 Å². The Kier molecular flexibility index (Phi) is 5.02. The van der Waals surface area contributed by atoms with Gasteiger partial charge in [-0.05, 0) is 6.42 Å². The van der Waals surface area contributed by atoms with E-state index in [1.54, 1.807) is 0 Å². The molecule has 0 amide bonds. The Labute approximate surface area is 81.2 Å². The van der Waals surface area contributed by atoms with Crippen LogP contribution in [0, 0.1) is 0 Å². The minimum Gasteiger partial charge on any atom is -0.363 e. The van der Waals surface area contributed by atoms with Crippen molar-refractivity contribution < 1.29 is 17.9 Å². The van der Waals surface area contributed by atoms with Crippen molar-refractivity contribution in [1.82, 2.24) is 5.32 Å². The van der Waals surface area contributed by atoms with Gasteiger partial charge in [-0.3, -0.25) is 0 Å². The van der Waals surface area contributed by atoms with E-state index in [1.807, 2.05) is 6.92 Å². The highest BCUT2D eigenvalue weighted by molar-refractivity contribution is 5.85. The van der Waals surface area contributed by atoms with Crippen molar-refractivity contribution in [3.8, 4) is 0 Å². The van der Waals surface area contributed by atoms with Crippen LogP contribution in [0.5, 0.6) is 0 Å². The topological polar surface area (TPSA) is 21.3 Å². The highest BCUT2D eigenvalue weighted by Gasteiger charge is 2.43. The van der Waals surface area contributed by atoms with Crippen LogP contribution in [-0.4, -0.2) is 31.5 Å². The van der Waals surface area contributed by atoms with Crippen LogP contribution in [0.15, 0.2) is 0 Å². The van der Waals surface area contributed by atoms with Gasteiger partial charge in [-0.1, -0.05) is 6.92 Å². The van der Waals surface area contributed by atoms with Gasteiger partial charge in [-0.15, -0.1) is 12.4 Å². The molecule has 0 bridgehead atoms. The minimum absolute atomic E-state index is 0. The highest BCUT2D eigenvalue weighted by atomic mass is 35.5. The van der Waals surface area contributed by atoms with E-state index in [2.05, 4.69) is 5.32 Å². The predicted octanol–water partition coefficient (Wildman–Crippen LogP) is 1.74. The molecule has 80 valence electrons. The molecular weight excluding hydrogens is 207 g/mol. The van der Waals surface area contributed by atoms with Crippen molar-refractivity contribution >= 4 is 12.4 Å². The lowest BCUT2D eigenvalue weighted by Crippen LogP contribution is -2.50. The van der Waals surface area contributed by atoms with Crippen molar-refractivity contribution in [3.05, 3.63) is 0 Å². The average Bonchev–Trinajstić information content (AvgIpc) is 2.03. The summed E-state index contributed by atoms with van der Waals surface area (Å²) in [6.07, 6.45) is -5.55. The third-order valence-electron chi connectivity index (χ3n) is 1.88. The summed E-state index contributed by atoms with van der Waals surface area (Å²) in [5.41, 5.74) is 0. The average molecular weight is 220 g/mol. The summed E-state index contributed by atoms with van der Waals surface area (Å²) in [7, 11) is 0. The zero-order valence-electron chi connectivity index (χ0n) is 7.23. The molecule has 1 fully saturated rings. The van der Waals surface area contributed by atoms with Crippen LogP contribution >= 0.6 is 12.4 Å². The maximum Gasteiger partial charge on any atom is 0.415 e. The molecule has 6 heteroatoms. The van der Waals surface area contributed by atoms with Gasteiger partial charge in [0.05, 0.1) is 6.10 Å². The molecule has 0 aromatic rings. The van der Waals surface area contributed by atoms with E-state index in [1.165, 1.54) is 0 Å². The molecule has 0 saturated carbocycles. The molecule has 1 heterocycles. The molecule has 0 aromatic heterocycles. The summed E-state index contributed by atoms with van der Waals surface area (Å²) in [4.78, 5) is 0. The lowest BCUT2D eigenvalue weighted by Gasteiger charge is -2.31. The Morgan fingerprint density at radius 2 is 2.00 bits per heavy atom. The van der Waals surface area contributed by atoms with Gasteiger partial charge in [-0.25, -0.2) is 0 Å². The van der Waals surface area contributed by atoms with Crippen LogP contribution in [0.1, 0.15) is 13.3 Å². The van der Waals surface area contributed by atoms with Gasteiger partial charge >= 0.3 is 6.18 Å². The van der Waals surface area contributed by atoms with Crippen LogP contribution in [0.3, 0.4) is 0 Å². The zero-order chi connectivity index (χ0) is 9.19. The van der Waals surface area contributed by atoms with E-state index >= 15 is 0 Å². The smallest absolute Gasteiger partial charge is 0.363 e. The molecule has 1 aliphatic rings. The second kappa shape index (κ2) is 5.02. The van der Waals surface area contributed by atoms with Crippen molar-refractivity contribution in [2.24, 2.45) is 0 Å². The molecule has 0 aliphatic carbocycles. The maximum absolute atomic E-state index is 12.1. The van der Waals surface area contributed by atoms with E-state index in [9.17, 15) is 13.2 Å². The summed E-state index contributed by atoms with van der Waals surface area (Å²) in [5, 5.41) is 2.70. The molecule has 0 aromatic carbocycles. The number of hydrogen-bond acceptors (Lipinski definition) is 2. The Hall–Kier alpha value is 0. The third kappa shape index (κ3) is 3.70. The van der Waals surface area contributed by atoms with Crippen molar-refractivity contribution in [3.63, 3.8) is 0 Å². The largest absolute Gasteiger partial charge is 0.415 e. The van der Waals surface area contributed by atoms with Gasteiger partial charge in [0.2, 0.25) is 0 Å². The molecule has 0 spiro atoms. The van der Waals surface area contributed by atoms with Gasteiger partial charge in [0.15, 0.2) is 6.10 Å². The van der Waals surface area contributed by atoms with Gasteiger partial charge in [0, 0.05) is 13.1 Å². The fourth-order valence-corrected chi connectivity index (χ4v) is 1.14. The first-order valence-corrected chi connectivity index (χ1v) is 3.97. The monoisotopic (exact) mass is 219 g/mol.